The van der Waals surface area contributed by atoms with E-state index in [0.29, 0.717) is 5.56 Å². The van der Waals surface area contributed by atoms with Gasteiger partial charge in [0.1, 0.15) is 6.04 Å². The molecule has 0 saturated heterocycles. The Kier molecular flexibility index (Phi) is 7.00. The molecule has 2 N–H and O–H groups in total. The molecular weight excluding hydrogens is 441 g/mol. The average Bonchev–Trinajstić information content (AvgIpc) is 2.74. The highest BCUT2D eigenvalue weighted by Gasteiger charge is 2.31. The summed E-state index contributed by atoms with van der Waals surface area (Å²) in [5, 5.41) is 2.39. The van der Waals surface area contributed by atoms with Gasteiger partial charge in [-0.3, -0.25) is 4.79 Å². The van der Waals surface area contributed by atoms with E-state index in [0.717, 1.165) is 17.7 Å². The molecule has 1 amide bonds. The van der Waals surface area contributed by atoms with E-state index in [-0.39, 0.29) is 17.0 Å². The van der Waals surface area contributed by atoms with Crippen molar-refractivity contribution in [1.29, 1.82) is 0 Å². The first-order chi connectivity index (χ1) is 15.0. The standard InChI is InChI=1S/C23H21F3N2O3S/c1-16-10-12-20(13-11-16)32(30,31)28-21(14-17-6-3-2-4-7-17)22(29)27-19-9-5-8-18(15-19)23(24,25)26/h2-13,15,21,28H,14H2,1H3,(H,27,29)/t21-/m0/s1. The Balaban J connectivity index is 1.87. The SMILES string of the molecule is Cc1ccc(S(=O)(=O)N[C@@H](Cc2ccccc2)C(=O)Nc2cccc(C(F)(F)F)c2)cc1. The van der Waals surface area contributed by atoms with Crippen molar-refractivity contribution in [3.05, 3.63) is 95.6 Å². The van der Waals surface area contributed by atoms with Crippen LogP contribution in [0.5, 0.6) is 0 Å². The lowest BCUT2D eigenvalue weighted by molar-refractivity contribution is -0.137. The molecule has 0 heterocycles. The van der Waals surface area contributed by atoms with Crippen molar-refractivity contribution in [2.45, 2.75) is 30.5 Å². The summed E-state index contributed by atoms with van der Waals surface area (Å²) in [6, 6.07) is 17.7. The number of halogens is 3. The van der Waals surface area contributed by atoms with Gasteiger partial charge >= 0.3 is 6.18 Å². The Hall–Kier alpha value is -3.17. The number of aryl methyl sites for hydroxylation is 1. The second-order valence-corrected chi connectivity index (χ2v) is 8.96. The number of sulfonamides is 1. The first-order valence-electron chi connectivity index (χ1n) is 9.66. The van der Waals surface area contributed by atoms with Crippen molar-refractivity contribution < 1.29 is 26.4 Å². The van der Waals surface area contributed by atoms with Gasteiger partial charge in [0.25, 0.3) is 0 Å². The van der Waals surface area contributed by atoms with Crippen molar-refractivity contribution >= 4 is 21.6 Å². The molecular formula is C23H21F3N2O3S. The monoisotopic (exact) mass is 462 g/mol. The fraction of sp³-hybridized carbons (Fsp3) is 0.174. The number of carbonyl (C=O) groups excluding carboxylic acids is 1. The van der Waals surface area contributed by atoms with Crippen LogP contribution in [0, 0.1) is 6.92 Å². The van der Waals surface area contributed by atoms with Crippen LogP contribution in [-0.4, -0.2) is 20.4 Å². The van der Waals surface area contributed by atoms with Crippen molar-refractivity contribution in [3.8, 4) is 0 Å². The number of carbonyl (C=O) groups is 1. The summed E-state index contributed by atoms with van der Waals surface area (Å²) < 4.78 is 67.0. The molecule has 0 aromatic heterocycles. The topological polar surface area (TPSA) is 75.3 Å². The third kappa shape index (κ3) is 6.18. The number of hydrogen-bond acceptors (Lipinski definition) is 3. The van der Waals surface area contributed by atoms with Gasteiger partial charge in [0.2, 0.25) is 15.9 Å². The molecule has 0 unspecified atom stereocenters. The van der Waals surface area contributed by atoms with Gasteiger partial charge in [0.15, 0.2) is 0 Å². The van der Waals surface area contributed by atoms with Crippen molar-refractivity contribution in [2.75, 3.05) is 5.32 Å². The van der Waals surface area contributed by atoms with Crippen LogP contribution in [0.1, 0.15) is 16.7 Å². The third-order valence-corrected chi connectivity index (χ3v) is 6.17. The van der Waals surface area contributed by atoms with Crippen LogP contribution in [0.25, 0.3) is 0 Å². The van der Waals surface area contributed by atoms with Gasteiger partial charge in [-0.05, 0) is 49.2 Å². The van der Waals surface area contributed by atoms with E-state index in [1.807, 2.05) is 6.92 Å². The quantitative estimate of drug-likeness (QED) is 0.541. The van der Waals surface area contributed by atoms with E-state index in [1.165, 1.54) is 24.3 Å². The van der Waals surface area contributed by atoms with Crippen LogP contribution in [0.3, 0.4) is 0 Å². The molecule has 0 saturated carbocycles. The molecule has 0 bridgehead atoms. The minimum absolute atomic E-state index is 0.0106. The Morgan fingerprint density at radius 2 is 1.59 bits per heavy atom. The summed E-state index contributed by atoms with van der Waals surface area (Å²) in [6.07, 6.45) is -4.56. The molecule has 168 valence electrons. The number of alkyl halides is 3. The van der Waals surface area contributed by atoms with Gasteiger partial charge in [-0.25, -0.2) is 8.42 Å². The first-order valence-corrected chi connectivity index (χ1v) is 11.1. The van der Waals surface area contributed by atoms with E-state index in [2.05, 4.69) is 10.0 Å². The lowest BCUT2D eigenvalue weighted by Gasteiger charge is -2.19. The Labute approximate surface area is 184 Å². The Bertz CT molecular complexity index is 1180. The Morgan fingerprint density at radius 3 is 2.22 bits per heavy atom. The molecule has 0 aliphatic rings. The maximum atomic E-state index is 13.0. The Morgan fingerprint density at radius 1 is 0.938 bits per heavy atom. The lowest BCUT2D eigenvalue weighted by atomic mass is 10.1. The van der Waals surface area contributed by atoms with Crippen LogP contribution >= 0.6 is 0 Å². The number of benzene rings is 3. The maximum Gasteiger partial charge on any atom is 0.416 e. The second kappa shape index (κ2) is 9.54. The molecule has 3 rings (SSSR count). The zero-order valence-corrected chi connectivity index (χ0v) is 17.9. The van der Waals surface area contributed by atoms with Crippen molar-refractivity contribution in [2.24, 2.45) is 0 Å². The number of anilines is 1. The molecule has 3 aromatic carbocycles. The molecule has 0 radical (unpaired) electrons. The summed E-state index contributed by atoms with van der Waals surface area (Å²) in [7, 11) is -4.06. The van der Waals surface area contributed by atoms with Gasteiger partial charge in [0.05, 0.1) is 10.5 Å². The van der Waals surface area contributed by atoms with E-state index in [1.54, 1.807) is 42.5 Å². The van der Waals surface area contributed by atoms with Gasteiger partial charge in [-0.15, -0.1) is 0 Å². The van der Waals surface area contributed by atoms with Crippen LogP contribution in [0.2, 0.25) is 0 Å². The van der Waals surface area contributed by atoms with Gasteiger partial charge < -0.3 is 5.32 Å². The second-order valence-electron chi connectivity index (χ2n) is 7.24. The lowest BCUT2D eigenvalue weighted by Crippen LogP contribution is -2.45. The van der Waals surface area contributed by atoms with Crippen LogP contribution in [-0.2, 0) is 27.4 Å². The zero-order valence-electron chi connectivity index (χ0n) is 17.1. The highest BCUT2D eigenvalue weighted by atomic mass is 32.2. The predicted octanol–water partition coefficient (Wildman–Crippen LogP) is 4.54. The van der Waals surface area contributed by atoms with Crippen LogP contribution in [0.15, 0.2) is 83.8 Å². The zero-order chi connectivity index (χ0) is 23.4. The summed E-state index contributed by atoms with van der Waals surface area (Å²) in [5.41, 5.74) is 0.544. The van der Waals surface area contributed by atoms with E-state index < -0.39 is 33.7 Å². The molecule has 9 heteroatoms. The van der Waals surface area contributed by atoms with Crippen molar-refractivity contribution in [3.63, 3.8) is 0 Å². The molecule has 0 spiro atoms. The largest absolute Gasteiger partial charge is 0.416 e. The van der Waals surface area contributed by atoms with Gasteiger partial charge in [0, 0.05) is 5.69 Å². The molecule has 0 fully saturated rings. The highest BCUT2D eigenvalue weighted by molar-refractivity contribution is 7.89. The molecule has 1 atom stereocenters. The molecule has 5 nitrogen and oxygen atoms in total. The normalized spacial score (nSPS) is 12.9. The van der Waals surface area contributed by atoms with E-state index in [4.69, 9.17) is 0 Å². The number of nitrogens with one attached hydrogen (secondary N) is 2. The summed E-state index contributed by atoms with van der Waals surface area (Å²) in [6.45, 7) is 1.81. The fourth-order valence-corrected chi connectivity index (χ4v) is 4.21. The molecule has 0 aliphatic heterocycles. The van der Waals surface area contributed by atoms with Gasteiger partial charge in [-0.1, -0.05) is 54.1 Å². The summed E-state index contributed by atoms with van der Waals surface area (Å²) >= 11 is 0. The van der Waals surface area contributed by atoms with E-state index >= 15 is 0 Å². The molecule has 0 aliphatic carbocycles. The highest BCUT2D eigenvalue weighted by Crippen LogP contribution is 2.30. The van der Waals surface area contributed by atoms with Crippen molar-refractivity contribution in [1.82, 2.24) is 4.72 Å². The number of rotatable bonds is 7. The smallest absolute Gasteiger partial charge is 0.325 e. The summed E-state index contributed by atoms with van der Waals surface area (Å²) in [4.78, 5) is 12.9. The third-order valence-electron chi connectivity index (χ3n) is 4.69. The van der Waals surface area contributed by atoms with Crippen LogP contribution in [0.4, 0.5) is 18.9 Å². The summed E-state index contributed by atoms with van der Waals surface area (Å²) in [5.74, 6) is -0.774. The molecule has 3 aromatic rings. The minimum Gasteiger partial charge on any atom is -0.325 e. The fourth-order valence-electron chi connectivity index (χ4n) is 3.01. The van der Waals surface area contributed by atoms with Gasteiger partial charge in [-0.2, -0.15) is 17.9 Å². The first kappa shape index (κ1) is 23.5. The molecule has 32 heavy (non-hydrogen) atoms. The minimum atomic E-state index is -4.57. The maximum absolute atomic E-state index is 13.0. The number of hydrogen-bond donors (Lipinski definition) is 2. The van der Waals surface area contributed by atoms with E-state index in [9.17, 15) is 26.4 Å². The number of amides is 1. The van der Waals surface area contributed by atoms with Crippen LogP contribution < -0.4 is 10.0 Å². The predicted molar refractivity (Wildman–Crippen MR) is 116 cm³/mol. The average molecular weight is 462 g/mol.